The van der Waals surface area contributed by atoms with Crippen LogP contribution in [0.25, 0.3) is 0 Å². The first-order valence-corrected chi connectivity index (χ1v) is 11.9. The zero-order chi connectivity index (χ0) is 25.2. The van der Waals surface area contributed by atoms with Crippen LogP contribution in [-0.2, 0) is 24.2 Å². The summed E-state index contributed by atoms with van der Waals surface area (Å²) in [5.41, 5.74) is 4.19. The second kappa shape index (κ2) is 12.3. The summed E-state index contributed by atoms with van der Waals surface area (Å²) in [6.45, 7) is 0.945. The van der Waals surface area contributed by atoms with Gasteiger partial charge in [0.25, 0.3) is 5.91 Å². The Morgan fingerprint density at radius 2 is 1.53 bits per heavy atom. The third-order valence-electron chi connectivity index (χ3n) is 5.81. The molecule has 0 bridgehead atoms. The molecule has 0 aliphatic carbocycles. The Kier molecular flexibility index (Phi) is 8.44. The van der Waals surface area contributed by atoms with Gasteiger partial charge >= 0.3 is 0 Å². The van der Waals surface area contributed by atoms with Crippen molar-refractivity contribution in [3.8, 4) is 5.75 Å². The van der Waals surface area contributed by atoms with Crippen molar-refractivity contribution in [1.29, 1.82) is 0 Å². The van der Waals surface area contributed by atoms with Crippen LogP contribution in [0.15, 0.2) is 103 Å². The van der Waals surface area contributed by atoms with Gasteiger partial charge in [0.1, 0.15) is 5.75 Å². The van der Waals surface area contributed by atoms with E-state index in [-0.39, 0.29) is 18.2 Å². The number of benzene rings is 3. The van der Waals surface area contributed by atoms with E-state index in [2.05, 4.69) is 10.3 Å². The zero-order valence-corrected chi connectivity index (χ0v) is 20.3. The van der Waals surface area contributed by atoms with Crippen molar-refractivity contribution in [2.24, 2.45) is 0 Å². The minimum atomic E-state index is -0.0913. The number of anilines is 1. The molecule has 182 valence electrons. The van der Waals surface area contributed by atoms with Gasteiger partial charge in [-0.1, -0.05) is 48.5 Å². The molecule has 4 rings (SSSR count). The minimum Gasteiger partial charge on any atom is -0.497 e. The SMILES string of the molecule is COc1ccc(CN(C(=O)c2ccccc2)c2ccc(CC(=O)NCCc3ccccn3)cc2)cc1. The molecule has 0 saturated heterocycles. The predicted octanol–water partition coefficient (Wildman–Crippen LogP) is 4.84. The summed E-state index contributed by atoms with van der Waals surface area (Å²) in [5.74, 6) is 0.628. The lowest BCUT2D eigenvalue weighted by Crippen LogP contribution is -2.30. The Labute approximate surface area is 211 Å². The summed E-state index contributed by atoms with van der Waals surface area (Å²) in [4.78, 5) is 31.8. The van der Waals surface area contributed by atoms with Crippen LogP contribution < -0.4 is 15.0 Å². The molecule has 0 unspecified atom stereocenters. The number of nitrogens with zero attached hydrogens (tertiary/aromatic N) is 2. The van der Waals surface area contributed by atoms with Crippen LogP contribution >= 0.6 is 0 Å². The number of carbonyl (C=O) groups excluding carboxylic acids is 2. The molecule has 0 atom stereocenters. The highest BCUT2D eigenvalue weighted by molar-refractivity contribution is 6.06. The minimum absolute atomic E-state index is 0.0471. The summed E-state index contributed by atoms with van der Waals surface area (Å²) in [7, 11) is 1.63. The highest BCUT2D eigenvalue weighted by Gasteiger charge is 2.18. The first kappa shape index (κ1) is 24.7. The van der Waals surface area contributed by atoms with Crippen LogP contribution in [0.5, 0.6) is 5.75 Å². The predicted molar refractivity (Wildman–Crippen MR) is 141 cm³/mol. The zero-order valence-electron chi connectivity index (χ0n) is 20.3. The molecular weight excluding hydrogens is 450 g/mol. The Balaban J connectivity index is 1.43. The van der Waals surface area contributed by atoms with Gasteiger partial charge in [-0.3, -0.25) is 14.6 Å². The highest BCUT2D eigenvalue weighted by Crippen LogP contribution is 2.22. The standard InChI is InChI=1S/C30H29N3O3/c1-36-28-16-12-24(13-17-28)22-33(30(35)25-7-3-2-4-8-25)27-14-10-23(11-15-27)21-29(34)32-20-18-26-9-5-6-19-31-26/h2-17,19H,18,20-22H2,1H3,(H,32,34). The van der Waals surface area contributed by atoms with E-state index in [4.69, 9.17) is 4.74 Å². The van der Waals surface area contributed by atoms with Gasteiger partial charge in [0, 0.05) is 36.1 Å². The molecule has 6 nitrogen and oxygen atoms in total. The Hall–Kier alpha value is -4.45. The van der Waals surface area contributed by atoms with Crippen molar-refractivity contribution in [2.75, 3.05) is 18.6 Å². The normalized spacial score (nSPS) is 10.5. The van der Waals surface area contributed by atoms with Gasteiger partial charge in [0.2, 0.25) is 5.91 Å². The van der Waals surface area contributed by atoms with Gasteiger partial charge in [0.05, 0.1) is 20.1 Å². The fourth-order valence-corrected chi connectivity index (χ4v) is 3.85. The van der Waals surface area contributed by atoms with Crippen molar-refractivity contribution in [3.05, 3.63) is 126 Å². The first-order valence-electron chi connectivity index (χ1n) is 11.9. The molecule has 1 N–H and O–H groups in total. The number of pyridine rings is 1. The van der Waals surface area contributed by atoms with Crippen molar-refractivity contribution in [1.82, 2.24) is 10.3 Å². The molecule has 0 spiro atoms. The van der Waals surface area contributed by atoms with E-state index in [0.29, 0.717) is 25.1 Å². The van der Waals surface area contributed by atoms with E-state index < -0.39 is 0 Å². The number of amides is 2. The molecule has 0 radical (unpaired) electrons. The number of nitrogens with one attached hydrogen (secondary N) is 1. The van der Waals surface area contributed by atoms with Crippen molar-refractivity contribution < 1.29 is 14.3 Å². The highest BCUT2D eigenvalue weighted by atomic mass is 16.5. The number of methoxy groups -OCH3 is 1. The maximum Gasteiger partial charge on any atom is 0.258 e. The second-order valence-electron chi connectivity index (χ2n) is 8.37. The molecule has 6 heteroatoms. The van der Waals surface area contributed by atoms with E-state index in [0.717, 1.165) is 28.3 Å². The number of carbonyl (C=O) groups is 2. The molecule has 2 amide bonds. The van der Waals surface area contributed by atoms with Gasteiger partial charge in [-0.05, 0) is 59.7 Å². The van der Waals surface area contributed by atoms with Gasteiger partial charge in [0.15, 0.2) is 0 Å². The van der Waals surface area contributed by atoms with Crippen LogP contribution in [0.1, 0.15) is 27.2 Å². The van der Waals surface area contributed by atoms with Crippen LogP contribution in [0, 0.1) is 0 Å². The molecule has 0 aliphatic heterocycles. The van der Waals surface area contributed by atoms with Crippen LogP contribution in [0.4, 0.5) is 5.69 Å². The van der Waals surface area contributed by atoms with E-state index in [1.165, 1.54) is 0 Å². The molecule has 1 aromatic heterocycles. The molecule has 4 aromatic rings. The average molecular weight is 480 g/mol. The Morgan fingerprint density at radius 3 is 2.19 bits per heavy atom. The molecule has 3 aromatic carbocycles. The Bertz CT molecular complexity index is 1260. The summed E-state index contributed by atoms with van der Waals surface area (Å²) in [6, 6.07) is 30.2. The third-order valence-corrected chi connectivity index (χ3v) is 5.81. The van der Waals surface area contributed by atoms with E-state index in [9.17, 15) is 9.59 Å². The lowest BCUT2D eigenvalue weighted by molar-refractivity contribution is -0.120. The van der Waals surface area contributed by atoms with Crippen molar-refractivity contribution in [3.63, 3.8) is 0 Å². The second-order valence-corrected chi connectivity index (χ2v) is 8.37. The Morgan fingerprint density at radius 1 is 0.833 bits per heavy atom. The topological polar surface area (TPSA) is 71.5 Å². The third kappa shape index (κ3) is 6.79. The van der Waals surface area contributed by atoms with E-state index in [1.807, 2.05) is 97.1 Å². The number of rotatable bonds is 10. The van der Waals surface area contributed by atoms with Gasteiger partial charge < -0.3 is 15.0 Å². The quantitative estimate of drug-likeness (QED) is 0.353. The van der Waals surface area contributed by atoms with Crippen LogP contribution in [0.2, 0.25) is 0 Å². The van der Waals surface area contributed by atoms with E-state index in [1.54, 1.807) is 18.2 Å². The fourth-order valence-electron chi connectivity index (χ4n) is 3.85. The average Bonchev–Trinajstić information content (AvgIpc) is 2.93. The van der Waals surface area contributed by atoms with Crippen molar-refractivity contribution in [2.45, 2.75) is 19.4 Å². The maximum atomic E-state index is 13.4. The monoisotopic (exact) mass is 479 g/mol. The van der Waals surface area contributed by atoms with Crippen molar-refractivity contribution >= 4 is 17.5 Å². The maximum absolute atomic E-state index is 13.4. The van der Waals surface area contributed by atoms with E-state index >= 15 is 0 Å². The molecule has 1 heterocycles. The first-order chi connectivity index (χ1) is 17.6. The number of hydrogen-bond acceptors (Lipinski definition) is 4. The molecule has 0 fully saturated rings. The smallest absolute Gasteiger partial charge is 0.258 e. The number of ether oxygens (including phenoxy) is 1. The van der Waals surface area contributed by atoms with Gasteiger partial charge in [-0.2, -0.15) is 0 Å². The molecule has 36 heavy (non-hydrogen) atoms. The number of hydrogen-bond donors (Lipinski definition) is 1. The summed E-state index contributed by atoms with van der Waals surface area (Å²) in [6.07, 6.45) is 2.71. The lowest BCUT2D eigenvalue weighted by atomic mass is 10.1. The van der Waals surface area contributed by atoms with Gasteiger partial charge in [-0.25, -0.2) is 0 Å². The summed E-state index contributed by atoms with van der Waals surface area (Å²) >= 11 is 0. The summed E-state index contributed by atoms with van der Waals surface area (Å²) in [5, 5.41) is 2.95. The van der Waals surface area contributed by atoms with Crippen LogP contribution in [-0.4, -0.2) is 30.5 Å². The fraction of sp³-hybridized carbons (Fsp3) is 0.167. The largest absolute Gasteiger partial charge is 0.497 e. The molecule has 0 aliphatic rings. The summed E-state index contributed by atoms with van der Waals surface area (Å²) < 4.78 is 5.25. The van der Waals surface area contributed by atoms with Crippen LogP contribution in [0.3, 0.4) is 0 Å². The molecular formula is C30H29N3O3. The number of aromatic nitrogens is 1. The molecule has 0 saturated carbocycles. The van der Waals surface area contributed by atoms with Gasteiger partial charge in [-0.15, -0.1) is 0 Å². The lowest BCUT2D eigenvalue weighted by Gasteiger charge is -2.23.